The Hall–Kier alpha value is -2.60. The van der Waals surface area contributed by atoms with Crippen LogP contribution < -0.4 is 14.8 Å². The molecule has 3 aromatic rings. The van der Waals surface area contributed by atoms with Crippen molar-refractivity contribution in [1.82, 2.24) is 4.98 Å². The van der Waals surface area contributed by atoms with E-state index in [4.69, 9.17) is 9.47 Å². The van der Waals surface area contributed by atoms with Crippen molar-refractivity contribution in [1.29, 1.82) is 0 Å². The average molecular weight is 340 g/mol. The van der Waals surface area contributed by atoms with E-state index in [1.165, 1.54) is 22.5 Å². The molecule has 0 aliphatic carbocycles. The van der Waals surface area contributed by atoms with Crippen molar-refractivity contribution in [3.05, 3.63) is 47.5 Å². The number of nitrogens with zero attached hydrogens (tertiary/aromatic N) is 1. The Morgan fingerprint density at radius 2 is 1.96 bits per heavy atom. The number of amides is 1. The zero-order valence-electron chi connectivity index (χ0n) is 13.3. The minimum atomic E-state index is -0.685. The molecule has 122 valence electrons. The monoisotopic (exact) mass is 340 g/mol. The number of carbonyl (C=O) groups is 1. The van der Waals surface area contributed by atoms with Gasteiger partial charge in [-0.05, 0) is 49.2 Å². The molecule has 4 rings (SSSR count). The number of ether oxygens (including phenoxy) is 2. The third-order valence-corrected chi connectivity index (χ3v) is 4.97. The fourth-order valence-electron chi connectivity index (χ4n) is 2.57. The lowest BCUT2D eigenvalue weighted by Gasteiger charge is -2.25. The molecule has 1 N–H and O–H groups in total. The molecule has 24 heavy (non-hydrogen) atoms. The molecule has 0 saturated carbocycles. The van der Waals surface area contributed by atoms with Gasteiger partial charge in [-0.15, -0.1) is 0 Å². The maximum atomic E-state index is 12.4. The van der Waals surface area contributed by atoms with Gasteiger partial charge in [0.15, 0.2) is 16.6 Å². The Bertz CT molecular complexity index is 896. The smallest absolute Gasteiger partial charge is 0.270 e. The molecule has 0 radical (unpaired) electrons. The number of para-hydroxylation sites is 2. The van der Waals surface area contributed by atoms with Crippen molar-refractivity contribution in [3.63, 3.8) is 0 Å². The van der Waals surface area contributed by atoms with Crippen LogP contribution in [-0.2, 0) is 4.79 Å². The molecular formula is C18H16N2O3S. The Morgan fingerprint density at radius 1 is 1.21 bits per heavy atom. The molecule has 1 aliphatic rings. The summed E-state index contributed by atoms with van der Waals surface area (Å²) in [5.41, 5.74) is 3.29. The number of aryl methyl sites for hydroxylation is 2. The minimum Gasteiger partial charge on any atom is -0.485 e. The third kappa shape index (κ3) is 2.69. The SMILES string of the molecule is Cc1cc2nc(NC(=O)[C@H]3COc4ccccc4O3)sc2cc1C. The van der Waals surface area contributed by atoms with E-state index in [2.05, 4.69) is 30.2 Å². The number of benzene rings is 2. The number of aromatic nitrogens is 1. The number of anilines is 1. The van der Waals surface area contributed by atoms with Crippen molar-refractivity contribution < 1.29 is 14.3 Å². The van der Waals surface area contributed by atoms with Crippen molar-refractivity contribution in [2.24, 2.45) is 0 Å². The lowest BCUT2D eigenvalue weighted by Crippen LogP contribution is -2.40. The summed E-state index contributed by atoms with van der Waals surface area (Å²) < 4.78 is 12.4. The fourth-order valence-corrected chi connectivity index (χ4v) is 3.52. The molecule has 0 unspecified atom stereocenters. The van der Waals surface area contributed by atoms with Gasteiger partial charge in [0.05, 0.1) is 10.2 Å². The molecule has 2 heterocycles. The van der Waals surface area contributed by atoms with E-state index in [1.54, 1.807) is 6.07 Å². The molecule has 0 spiro atoms. The third-order valence-electron chi connectivity index (χ3n) is 4.04. The lowest BCUT2D eigenvalue weighted by atomic mass is 10.1. The first-order valence-electron chi connectivity index (χ1n) is 7.67. The first-order chi connectivity index (χ1) is 11.6. The molecule has 1 atom stereocenters. The van der Waals surface area contributed by atoms with E-state index < -0.39 is 6.10 Å². The highest BCUT2D eigenvalue weighted by atomic mass is 32.1. The summed E-state index contributed by atoms with van der Waals surface area (Å²) in [7, 11) is 0. The van der Waals surface area contributed by atoms with Gasteiger partial charge in [0, 0.05) is 0 Å². The second-order valence-electron chi connectivity index (χ2n) is 5.78. The molecule has 6 heteroatoms. The molecule has 1 aromatic heterocycles. The van der Waals surface area contributed by atoms with E-state index in [0.717, 1.165) is 10.2 Å². The van der Waals surface area contributed by atoms with Gasteiger partial charge < -0.3 is 9.47 Å². The number of rotatable bonds is 2. The number of hydrogen-bond donors (Lipinski definition) is 1. The van der Waals surface area contributed by atoms with Crippen LogP contribution in [0.3, 0.4) is 0 Å². The summed E-state index contributed by atoms with van der Waals surface area (Å²) in [4.78, 5) is 16.9. The van der Waals surface area contributed by atoms with Gasteiger partial charge in [-0.3, -0.25) is 10.1 Å². The molecule has 5 nitrogen and oxygen atoms in total. The van der Waals surface area contributed by atoms with Crippen LogP contribution in [0.2, 0.25) is 0 Å². The van der Waals surface area contributed by atoms with Crippen LogP contribution in [0.25, 0.3) is 10.2 Å². The van der Waals surface area contributed by atoms with Crippen molar-refractivity contribution in [3.8, 4) is 11.5 Å². The lowest BCUT2D eigenvalue weighted by molar-refractivity contribution is -0.125. The predicted molar refractivity (Wildman–Crippen MR) is 94.1 cm³/mol. The van der Waals surface area contributed by atoms with E-state index >= 15 is 0 Å². The van der Waals surface area contributed by atoms with E-state index in [9.17, 15) is 4.79 Å². The van der Waals surface area contributed by atoms with Gasteiger partial charge >= 0.3 is 0 Å². The first-order valence-corrected chi connectivity index (χ1v) is 8.49. The summed E-state index contributed by atoms with van der Waals surface area (Å²) in [5.74, 6) is 0.990. The van der Waals surface area contributed by atoms with Crippen LogP contribution in [0.4, 0.5) is 5.13 Å². The summed E-state index contributed by atoms with van der Waals surface area (Å²) in [6, 6.07) is 11.5. The molecular weight excluding hydrogens is 324 g/mol. The maximum absolute atomic E-state index is 12.4. The normalized spacial score (nSPS) is 16.2. The van der Waals surface area contributed by atoms with Crippen LogP contribution in [0.1, 0.15) is 11.1 Å². The second kappa shape index (κ2) is 5.79. The average Bonchev–Trinajstić information content (AvgIpc) is 2.95. The molecule has 1 aliphatic heterocycles. The fraction of sp³-hybridized carbons (Fsp3) is 0.222. The second-order valence-corrected chi connectivity index (χ2v) is 6.81. The summed E-state index contributed by atoms with van der Waals surface area (Å²) in [6.45, 7) is 4.31. The van der Waals surface area contributed by atoms with Crippen molar-refractivity contribution >= 4 is 32.6 Å². The molecule has 0 saturated heterocycles. The van der Waals surface area contributed by atoms with Gasteiger partial charge in [0.25, 0.3) is 5.91 Å². The zero-order chi connectivity index (χ0) is 16.7. The van der Waals surface area contributed by atoms with Crippen LogP contribution in [0.5, 0.6) is 11.5 Å². The summed E-state index contributed by atoms with van der Waals surface area (Å²) in [5, 5.41) is 3.41. The Kier molecular flexibility index (Phi) is 3.61. The minimum absolute atomic E-state index is 0.186. The van der Waals surface area contributed by atoms with Crippen LogP contribution in [0.15, 0.2) is 36.4 Å². The predicted octanol–water partition coefficient (Wildman–Crippen LogP) is 3.69. The highest BCUT2D eigenvalue weighted by molar-refractivity contribution is 7.22. The Morgan fingerprint density at radius 3 is 2.79 bits per heavy atom. The number of nitrogens with one attached hydrogen (secondary N) is 1. The van der Waals surface area contributed by atoms with Gasteiger partial charge in [0.1, 0.15) is 6.61 Å². The molecule has 1 amide bonds. The van der Waals surface area contributed by atoms with Gasteiger partial charge in [0.2, 0.25) is 6.10 Å². The summed E-state index contributed by atoms with van der Waals surface area (Å²) >= 11 is 1.46. The Balaban J connectivity index is 1.52. The van der Waals surface area contributed by atoms with E-state index in [0.29, 0.717) is 16.6 Å². The van der Waals surface area contributed by atoms with E-state index in [1.807, 2.05) is 24.3 Å². The zero-order valence-corrected chi connectivity index (χ0v) is 14.1. The van der Waals surface area contributed by atoms with Gasteiger partial charge in [-0.25, -0.2) is 4.98 Å². The largest absolute Gasteiger partial charge is 0.485 e. The van der Waals surface area contributed by atoms with Crippen LogP contribution in [-0.4, -0.2) is 23.6 Å². The van der Waals surface area contributed by atoms with Crippen molar-refractivity contribution in [2.45, 2.75) is 20.0 Å². The van der Waals surface area contributed by atoms with Gasteiger partial charge in [-0.2, -0.15) is 0 Å². The highest BCUT2D eigenvalue weighted by Gasteiger charge is 2.27. The number of fused-ring (bicyclic) bond motifs is 2. The van der Waals surface area contributed by atoms with Crippen molar-refractivity contribution in [2.75, 3.05) is 11.9 Å². The number of carbonyl (C=O) groups excluding carboxylic acids is 1. The highest BCUT2D eigenvalue weighted by Crippen LogP contribution is 2.32. The Labute approximate surface area is 143 Å². The quantitative estimate of drug-likeness (QED) is 0.773. The summed E-state index contributed by atoms with van der Waals surface area (Å²) in [6.07, 6.45) is -0.685. The topological polar surface area (TPSA) is 60.5 Å². The molecule has 0 fully saturated rings. The van der Waals surface area contributed by atoms with E-state index in [-0.39, 0.29) is 12.5 Å². The van der Waals surface area contributed by atoms with Gasteiger partial charge in [-0.1, -0.05) is 23.5 Å². The molecule has 2 aromatic carbocycles. The molecule has 0 bridgehead atoms. The number of thiazole rings is 1. The van der Waals surface area contributed by atoms with Crippen LogP contribution >= 0.6 is 11.3 Å². The maximum Gasteiger partial charge on any atom is 0.270 e. The first kappa shape index (κ1) is 15.0. The number of hydrogen-bond acceptors (Lipinski definition) is 5. The standard InChI is InChI=1S/C18H16N2O3S/c1-10-7-12-16(8-11(10)2)24-18(19-12)20-17(21)15-9-22-13-5-3-4-6-14(13)23-15/h3-8,15H,9H2,1-2H3,(H,19,20,21)/t15-/m1/s1. The van der Waals surface area contributed by atoms with Crippen LogP contribution in [0, 0.1) is 13.8 Å².